The van der Waals surface area contributed by atoms with Crippen LogP contribution in [0.1, 0.15) is 43.6 Å². The molecule has 3 atom stereocenters. The minimum Gasteiger partial charge on any atom is -0.458 e. The highest BCUT2D eigenvalue weighted by atomic mass is 35.5. The lowest BCUT2D eigenvalue weighted by Crippen LogP contribution is -2.29. The van der Waals surface area contributed by atoms with Crippen LogP contribution in [-0.4, -0.2) is 22.3 Å². The van der Waals surface area contributed by atoms with E-state index >= 15 is 0 Å². The fourth-order valence-electron chi connectivity index (χ4n) is 2.24. The van der Waals surface area contributed by atoms with E-state index < -0.39 is 5.97 Å². The monoisotopic (exact) mass is 268 g/mol. The second kappa shape index (κ2) is 5.65. The van der Waals surface area contributed by atoms with Crippen molar-refractivity contribution in [1.29, 1.82) is 0 Å². The van der Waals surface area contributed by atoms with E-state index in [0.717, 1.165) is 19.3 Å². The van der Waals surface area contributed by atoms with Crippen LogP contribution in [0.3, 0.4) is 0 Å². The van der Waals surface area contributed by atoms with Crippen LogP contribution in [-0.2, 0) is 4.74 Å². The lowest BCUT2D eigenvalue weighted by Gasteiger charge is -2.31. The van der Waals surface area contributed by atoms with Crippen molar-refractivity contribution >= 4 is 17.6 Å². The number of hydrogen-bond donors (Lipinski definition) is 0. The zero-order chi connectivity index (χ0) is 13.1. The Balaban J connectivity index is 1.93. The Hall–Kier alpha value is -1.16. The van der Waals surface area contributed by atoms with E-state index in [2.05, 4.69) is 24.0 Å². The topological polar surface area (TPSA) is 52.1 Å². The van der Waals surface area contributed by atoms with Crippen LogP contribution in [0.15, 0.2) is 12.1 Å². The van der Waals surface area contributed by atoms with Crippen LogP contribution in [0.2, 0.25) is 5.15 Å². The van der Waals surface area contributed by atoms with Crippen LogP contribution in [0.25, 0.3) is 0 Å². The molecule has 0 radical (unpaired) electrons. The number of esters is 1. The molecule has 98 valence electrons. The number of halogens is 1. The molecule has 0 aliphatic heterocycles. The summed E-state index contributed by atoms with van der Waals surface area (Å²) in [5.74, 6) is 0.883. The van der Waals surface area contributed by atoms with Crippen LogP contribution in [0.5, 0.6) is 0 Å². The number of aromatic nitrogens is 2. The standard InChI is InChI=1S/C13H17ClN2O2/c1-8-3-4-10(7-9(8)2)18-13(17)11-5-6-12(14)16-15-11/h5-6,8-10H,3-4,7H2,1-2H3. The van der Waals surface area contributed by atoms with Gasteiger partial charge in [-0.05, 0) is 43.2 Å². The van der Waals surface area contributed by atoms with E-state index in [1.54, 1.807) is 0 Å². The molecule has 0 bridgehead atoms. The minimum atomic E-state index is -0.411. The maximum Gasteiger partial charge on any atom is 0.359 e. The number of rotatable bonds is 2. The molecule has 1 aliphatic carbocycles. The Bertz CT molecular complexity index is 422. The number of hydrogen-bond acceptors (Lipinski definition) is 4. The summed E-state index contributed by atoms with van der Waals surface area (Å²) in [5, 5.41) is 7.63. The minimum absolute atomic E-state index is 0.00109. The van der Waals surface area contributed by atoms with Crippen molar-refractivity contribution in [2.24, 2.45) is 11.8 Å². The third kappa shape index (κ3) is 3.19. The van der Waals surface area contributed by atoms with Gasteiger partial charge in [0.2, 0.25) is 0 Å². The average Bonchev–Trinajstić information content (AvgIpc) is 2.34. The summed E-state index contributed by atoms with van der Waals surface area (Å²) in [6.07, 6.45) is 2.96. The first kappa shape index (κ1) is 13.3. The molecular formula is C13H17ClN2O2. The van der Waals surface area contributed by atoms with Crippen molar-refractivity contribution < 1.29 is 9.53 Å². The highest BCUT2D eigenvalue weighted by Crippen LogP contribution is 2.31. The molecule has 0 spiro atoms. The third-order valence-corrected chi connectivity index (χ3v) is 3.87. The van der Waals surface area contributed by atoms with Crippen molar-refractivity contribution in [1.82, 2.24) is 10.2 Å². The van der Waals surface area contributed by atoms with E-state index in [1.807, 2.05) is 0 Å². The van der Waals surface area contributed by atoms with Gasteiger partial charge in [0.05, 0.1) is 0 Å². The molecule has 1 aliphatic rings. The Kier molecular flexibility index (Phi) is 4.17. The molecule has 0 N–H and O–H groups in total. The van der Waals surface area contributed by atoms with Gasteiger partial charge < -0.3 is 4.74 Å². The average molecular weight is 269 g/mol. The number of carbonyl (C=O) groups excluding carboxylic acids is 1. The highest BCUT2D eigenvalue weighted by molar-refractivity contribution is 6.29. The zero-order valence-electron chi connectivity index (χ0n) is 10.6. The Morgan fingerprint density at radius 1 is 1.28 bits per heavy atom. The van der Waals surface area contributed by atoms with Crippen LogP contribution in [0, 0.1) is 11.8 Å². The van der Waals surface area contributed by atoms with Gasteiger partial charge in [0.15, 0.2) is 10.8 Å². The first-order valence-corrected chi connectivity index (χ1v) is 6.64. The molecule has 1 fully saturated rings. The van der Waals surface area contributed by atoms with Crippen molar-refractivity contribution in [2.45, 2.75) is 39.2 Å². The van der Waals surface area contributed by atoms with Gasteiger partial charge in [-0.1, -0.05) is 25.4 Å². The summed E-state index contributed by atoms with van der Waals surface area (Å²) in [7, 11) is 0. The van der Waals surface area contributed by atoms with Gasteiger partial charge in [-0.2, -0.15) is 0 Å². The van der Waals surface area contributed by atoms with Gasteiger partial charge in [-0.15, -0.1) is 10.2 Å². The predicted octanol–water partition coefficient (Wildman–Crippen LogP) is 3.11. The maximum absolute atomic E-state index is 11.8. The van der Waals surface area contributed by atoms with Crippen LogP contribution >= 0.6 is 11.6 Å². The van der Waals surface area contributed by atoms with Crippen LogP contribution < -0.4 is 0 Å². The number of ether oxygens (including phenoxy) is 1. The molecule has 0 saturated heterocycles. The Morgan fingerprint density at radius 3 is 2.67 bits per heavy atom. The molecule has 1 saturated carbocycles. The second-order valence-corrected chi connectivity index (χ2v) is 5.42. The summed E-state index contributed by atoms with van der Waals surface area (Å²) < 4.78 is 5.45. The molecule has 0 aromatic carbocycles. The van der Waals surface area contributed by atoms with Crippen molar-refractivity contribution in [3.05, 3.63) is 23.0 Å². The summed E-state index contributed by atoms with van der Waals surface area (Å²) in [6.45, 7) is 4.44. The van der Waals surface area contributed by atoms with Gasteiger partial charge in [-0.3, -0.25) is 0 Å². The van der Waals surface area contributed by atoms with E-state index in [1.165, 1.54) is 12.1 Å². The first-order valence-electron chi connectivity index (χ1n) is 6.26. The molecule has 2 rings (SSSR count). The zero-order valence-corrected chi connectivity index (χ0v) is 11.4. The highest BCUT2D eigenvalue weighted by Gasteiger charge is 2.27. The van der Waals surface area contributed by atoms with Gasteiger partial charge >= 0.3 is 5.97 Å². The molecule has 1 aromatic rings. The summed E-state index contributed by atoms with van der Waals surface area (Å²) in [6, 6.07) is 3.07. The first-order chi connectivity index (χ1) is 8.56. The molecular weight excluding hydrogens is 252 g/mol. The molecule has 4 nitrogen and oxygen atoms in total. The second-order valence-electron chi connectivity index (χ2n) is 5.04. The quantitative estimate of drug-likeness (QED) is 0.774. The maximum atomic E-state index is 11.8. The fourth-order valence-corrected chi connectivity index (χ4v) is 2.34. The normalized spacial score (nSPS) is 27.8. The molecule has 0 amide bonds. The molecule has 3 unspecified atom stereocenters. The van der Waals surface area contributed by atoms with E-state index in [-0.39, 0.29) is 17.0 Å². The fraction of sp³-hybridized carbons (Fsp3) is 0.615. The van der Waals surface area contributed by atoms with E-state index in [4.69, 9.17) is 16.3 Å². The predicted molar refractivity (Wildman–Crippen MR) is 68.4 cm³/mol. The molecule has 1 aromatic heterocycles. The van der Waals surface area contributed by atoms with Gasteiger partial charge in [0, 0.05) is 0 Å². The third-order valence-electron chi connectivity index (χ3n) is 3.66. The lowest BCUT2D eigenvalue weighted by atomic mass is 9.80. The van der Waals surface area contributed by atoms with Crippen LogP contribution in [0.4, 0.5) is 0 Å². The molecule has 18 heavy (non-hydrogen) atoms. The largest absolute Gasteiger partial charge is 0.458 e. The lowest BCUT2D eigenvalue weighted by molar-refractivity contribution is 0.00807. The van der Waals surface area contributed by atoms with Crippen molar-refractivity contribution in [3.63, 3.8) is 0 Å². The number of nitrogens with zero attached hydrogens (tertiary/aromatic N) is 2. The Labute approximate surface area is 112 Å². The summed E-state index contributed by atoms with van der Waals surface area (Å²) in [5.41, 5.74) is 0.214. The SMILES string of the molecule is CC1CCC(OC(=O)c2ccc(Cl)nn2)CC1C. The molecule has 1 heterocycles. The Morgan fingerprint density at radius 2 is 2.06 bits per heavy atom. The number of carbonyl (C=O) groups is 1. The smallest absolute Gasteiger partial charge is 0.359 e. The van der Waals surface area contributed by atoms with Gasteiger partial charge in [0.1, 0.15) is 6.10 Å². The summed E-state index contributed by atoms with van der Waals surface area (Å²) in [4.78, 5) is 11.8. The van der Waals surface area contributed by atoms with E-state index in [9.17, 15) is 4.79 Å². The van der Waals surface area contributed by atoms with Gasteiger partial charge in [-0.25, -0.2) is 4.79 Å². The molecule has 5 heteroatoms. The van der Waals surface area contributed by atoms with Gasteiger partial charge in [0.25, 0.3) is 0 Å². The van der Waals surface area contributed by atoms with E-state index in [0.29, 0.717) is 11.8 Å². The summed E-state index contributed by atoms with van der Waals surface area (Å²) >= 11 is 5.62. The van der Waals surface area contributed by atoms with Crippen molar-refractivity contribution in [2.75, 3.05) is 0 Å². The van der Waals surface area contributed by atoms with Crippen molar-refractivity contribution in [3.8, 4) is 0 Å².